The largest absolute Gasteiger partial charge is 0.497 e. The minimum Gasteiger partial charge on any atom is -0.497 e. The first kappa shape index (κ1) is 27.2. The monoisotopic (exact) mass is 587 g/mol. The number of carboxylic acid groups (broad SMARTS) is 1. The van der Waals surface area contributed by atoms with Crippen molar-refractivity contribution in [2.45, 2.75) is 38.1 Å². The predicted molar refractivity (Wildman–Crippen MR) is 172 cm³/mol. The SMILES string of the molecule is COc1ccc(-c2ccc(Cl)cc2)c(-c2ccc3cc(-c4nc5ccc(C(=O)O)cc5n4C4CCCCC4)ccc3n2)c1. The Labute approximate surface area is 254 Å². The number of pyridine rings is 1. The lowest BCUT2D eigenvalue weighted by Crippen LogP contribution is -2.14. The second-order valence-corrected chi connectivity index (χ2v) is 11.6. The minimum absolute atomic E-state index is 0.279. The van der Waals surface area contributed by atoms with Gasteiger partial charge in [0, 0.05) is 27.6 Å². The highest BCUT2D eigenvalue weighted by Gasteiger charge is 2.23. The van der Waals surface area contributed by atoms with Crippen molar-refractivity contribution in [3.63, 3.8) is 0 Å². The van der Waals surface area contributed by atoms with E-state index in [1.54, 1.807) is 19.2 Å². The molecule has 1 N–H and O–H groups in total. The van der Waals surface area contributed by atoms with Crippen LogP contribution in [0.3, 0.4) is 0 Å². The molecular formula is C36H30ClN3O3. The Morgan fingerprint density at radius 3 is 2.35 bits per heavy atom. The van der Waals surface area contributed by atoms with E-state index >= 15 is 0 Å². The number of aromatic carboxylic acids is 1. The van der Waals surface area contributed by atoms with E-state index in [9.17, 15) is 9.90 Å². The Hall–Kier alpha value is -4.68. The van der Waals surface area contributed by atoms with Crippen molar-refractivity contribution < 1.29 is 14.6 Å². The number of benzene rings is 4. The van der Waals surface area contributed by atoms with Crippen LogP contribution in [-0.2, 0) is 0 Å². The average Bonchev–Trinajstić information content (AvgIpc) is 3.44. The van der Waals surface area contributed by atoms with Crippen LogP contribution < -0.4 is 4.74 Å². The van der Waals surface area contributed by atoms with Crippen LogP contribution in [0.25, 0.3) is 55.7 Å². The van der Waals surface area contributed by atoms with E-state index in [0.29, 0.717) is 5.02 Å². The third kappa shape index (κ3) is 5.12. The molecule has 7 heteroatoms. The van der Waals surface area contributed by atoms with Gasteiger partial charge in [0.05, 0.1) is 34.9 Å². The average molecular weight is 588 g/mol. The second kappa shape index (κ2) is 11.2. The first-order valence-corrected chi connectivity index (χ1v) is 15.0. The van der Waals surface area contributed by atoms with Crippen LogP contribution in [-0.4, -0.2) is 32.7 Å². The van der Waals surface area contributed by atoms with Crippen molar-refractivity contribution in [1.82, 2.24) is 14.5 Å². The number of hydrogen-bond donors (Lipinski definition) is 1. The first-order valence-electron chi connectivity index (χ1n) is 14.6. The smallest absolute Gasteiger partial charge is 0.335 e. The molecule has 0 saturated heterocycles. The zero-order valence-corrected chi connectivity index (χ0v) is 24.5. The van der Waals surface area contributed by atoms with Gasteiger partial charge in [-0.15, -0.1) is 0 Å². The van der Waals surface area contributed by atoms with E-state index < -0.39 is 5.97 Å². The van der Waals surface area contributed by atoms with Gasteiger partial charge in [-0.2, -0.15) is 0 Å². The summed E-state index contributed by atoms with van der Waals surface area (Å²) < 4.78 is 7.83. The van der Waals surface area contributed by atoms with Crippen LogP contribution in [0, 0.1) is 0 Å². The zero-order chi connectivity index (χ0) is 29.5. The molecule has 0 aliphatic heterocycles. The summed E-state index contributed by atoms with van der Waals surface area (Å²) in [6, 6.07) is 29.7. The number of rotatable bonds is 6. The van der Waals surface area contributed by atoms with Crippen molar-refractivity contribution in [2.75, 3.05) is 7.11 Å². The fourth-order valence-electron chi connectivity index (χ4n) is 6.30. The van der Waals surface area contributed by atoms with Crippen molar-refractivity contribution in [3.8, 4) is 39.5 Å². The topological polar surface area (TPSA) is 77.2 Å². The first-order chi connectivity index (χ1) is 21.0. The quantitative estimate of drug-likeness (QED) is 0.210. The summed E-state index contributed by atoms with van der Waals surface area (Å²) in [5, 5.41) is 11.4. The van der Waals surface area contributed by atoms with Gasteiger partial charge >= 0.3 is 5.97 Å². The molecule has 0 amide bonds. The molecule has 7 rings (SSSR count). The number of halogens is 1. The maximum atomic E-state index is 11.8. The van der Waals surface area contributed by atoms with Gasteiger partial charge in [0.2, 0.25) is 0 Å². The van der Waals surface area contributed by atoms with Gasteiger partial charge in [0.1, 0.15) is 11.6 Å². The molecule has 0 bridgehead atoms. The second-order valence-electron chi connectivity index (χ2n) is 11.1. The lowest BCUT2D eigenvalue weighted by atomic mass is 9.94. The number of hydrogen-bond acceptors (Lipinski definition) is 4. The number of nitrogens with zero attached hydrogens (tertiary/aromatic N) is 3. The summed E-state index contributed by atoms with van der Waals surface area (Å²) in [6.45, 7) is 0. The third-order valence-corrected chi connectivity index (χ3v) is 8.73. The van der Waals surface area contributed by atoms with Gasteiger partial charge < -0.3 is 14.4 Å². The standard InChI is InChI=1S/C36H30ClN3O3/c1-43-28-14-15-29(22-7-12-26(37)13-8-22)30(21-28)32-17-9-23-19-24(10-16-31(23)38-32)35-39-33-18-11-25(36(41)42)20-34(33)40(35)27-5-3-2-4-6-27/h7-21,27H,2-6H2,1H3,(H,41,42). The molecule has 0 atom stereocenters. The van der Waals surface area contributed by atoms with Crippen LogP contribution in [0.4, 0.5) is 0 Å². The fraction of sp³-hybridized carbons (Fsp3) is 0.194. The van der Waals surface area contributed by atoms with Crippen LogP contribution in [0.2, 0.25) is 5.02 Å². The van der Waals surface area contributed by atoms with Gasteiger partial charge in [-0.3, -0.25) is 0 Å². The lowest BCUT2D eigenvalue weighted by molar-refractivity contribution is 0.0697. The Balaban J connectivity index is 1.33. The molecule has 1 saturated carbocycles. The molecule has 1 fully saturated rings. The molecule has 4 aromatic carbocycles. The molecule has 0 radical (unpaired) electrons. The molecule has 43 heavy (non-hydrogen) atoms. The Kier molecular flexibility index (Phi) is 7.07. The predicted octanol–water partition coefficient (Wildman–Crippen LogP) is 9.45. The molecule has 2 aromatic heterocycles. The summed E-state index contributed by atoms with van der Waals surface area (Å²) in [4.78, 5) is 21.9. The molecule has 0 unspecified atom stereocenters. The van der Waals surface area contributed by atoms with E-state index in [0.717, 1.165) is 87.1 Å². The molecule has 6 nitrogen and oxygen atoms in total. The van der Waals surface area contributed by atoms with Crippen molar-refractivity contribution in [2.24, 2.45) is 0 Å². The zero-order valence-electron chi connectivity index (χ0n) is 23.8. The highest BCUT2D eigenvalue weighted by Crippen LogP contribution is 2.38. The van der Waals surface area contributed by atoms with Crippen molar-refractivity contribution in [1.29, 1.82) is 0 Å². The maximum absolute atomic E-state index is 11.8. The summed E-state index contributed by atoms with van der Waals surface area (Å²) in [6.07, 6.45) is 5.68. The molecule has 1 aliphatic rings. The van der Waals surface area contributed by atoms with Gasteiger partial charge in [-0.25, -0.2) is 14.8 Å². The van der Waals surface area contributed by atoms with Gasteiger partial charge in [0.15, 0.2) is 0 Å². The summed E-state index contributed by atoms with van der Waals surface area (Å²) in [7, 11) is 1.67. The fourth-order valence-corrected chi connectivity index (χ4v) is 6.42. The van der Waals surface area contributed by atoms with E-state index in [-0.39, 0.29) is 11.6 Å². The van der Waals surface area contributed by atoms with Crippen LogP contribution in [0.15, 0.2) is 91.0 Å². The number of ether oxygens (including phenoxy) is 1. The molecule has 2 heterocycles. The minimum atomic E-state index is -0.928. The van der Waals surface area contributed by atoms with Gasteiger partial charge in [-0.1, -0.05) is 55.1 Å². The number of carbonyl (C=O) groups is 1. The van der Waals surface area contributed by atoms with Crippen molar-refractivity contribution >= 4 is 39.5 Å². The highest BCUT2D eigenvalue weighted by atomic mass is 35.5. The molecule has 6 aromatic rings. The highest BCUT2D eigenvalue weighted by molar-refractivity contribution is 6.30. The van der Waals surface area contributed by atoms with E-state index in [4.69, 9.17) is 26.3 Å². The number of aromatic nitrogens is 3. The number of fused-ring (bicyclic) bond motifs is 2. The molecule has 214 valence electrons. The van der Waals surface area contributed by atoms with E-state index in [2.05, 4.69) is 28.8 Å². The number of imidazole rings is 1. The number of carboxylic acids is 1. The number of methoxy groups -OCH3 is 1. The Bertz CT molecular complexity index is 1990. The normalized spacial score (nSPS) is 13.9. The van der Waals surface area contributed by atoms with Crippen molar-refractivity contribution in [3.05, 3.63) is 102 Å². The van der Waals surface area contributed by atoms with Crippen LogP contribution >= 0.6 is 11.6 Å². The third-order valence-electron chi connectivity index (χ3n) is 8.48. The summed E-state index contributed by atoms with van der Waals surface area (Å²) in [5.41, 5.74) is 7.75. The van der Waals surface area contributed by atoms with E-state index in [1.807, 2.05) is 54.6 Å². The van der Waals surface area contributed by atoms with Crippen LogP contribution in [0.1, 0.15) is 48.5 Å². The van der Waals surface area contributed by atoms with Gasteiger partial charge in [-0.05, 0) is 90.7 Å². The molecule has 0 spiro atoms. The Morgan fingerprint density at radius 1 is 0.814 bits per heavy atom. The Morgan fingerprint density at radius 2 is 1.58 bits per heavy atom. The van der Waals surface area contributed by atoms with E-state index in [1.165, 1.54) is 6.42 Å². The van der Waals surface area contributed by atoms with Gasteiger partial charge in [0.25, 0.3) is 0 Å². The molecular weight excluding hydrogens is 558 g/mol. The maximum Gasteiger partial charge on any atom is 0.335 e. The lowest BCUT2D eigenvalue weighted by Gasteiger charge is -2.25. The summed E-state index contributed by atoms with van der Waals surface area (Å²) in [5.74, 6) is 0.702. The van der Waals surface area contributed by atoms with Crippen LogP contribution in [0.5, 0.6) is 5.75 Å². The molecule has 1 aliphatic carbocycles. The summed E-state index contributed by atoms with van der Waals surface area (Å²) >= 11 is 6.16.